The van der Waals surface area contributed by atoms with Crippen molar-refractivity contribution in [3.63, 3.8) is 0 Å². The Bertz CT molecular complexity index is 1190. The van der Waals surface area contributed by atoms with Gasteiger partial charge in [-0.15, -0.1) is 4.40 Å². The quantitative estimate of drug-likeness (QED) is 0.714. The predicted octanol–water partition coefficient (Wildman–Crippen LogP) is 2.19. The van der Waals surface area contributed by atoms with Crippen LogP contribution in [0.5, 0.6) is 5.75 Å². The van der Waals surface area contributed by atoms with E-state index in [-0.39, 0.29) is 27.7 Å². The van der Waals surface area contributed by atoms with Gasteiger partial charge in [-0.05, 0) is 36.6 Å². The lowest BCUT2D eigenvalue weighted by molar-refractivity contribution is -0.119. The van der Waals surface area contributed by atoms with Crippen molar-refractivity contribution in [3.8, 4) is 5.75 Å². The van der Waals surface area contributed by atoms with Crippen LogP contribution < -0.4 is 10.2 Å². The highest BCUT2D eigenvalue weighted by Crippen LogP contribution is 2.36. The number of Topliss-reactive ketones (excluding diaryl/α,β-unsaturated/α-hetero) is 1. The van der Waals surface area contributed by atoms with E-state index in [4.69, 9.17) is 0 Å². The first-order valence-electron chi connectivity index (χ1n) is 9.43. The first kappa shape index (κ1) is 20.0. The maximum atomic E-state index is 13.3. The van der Waals surface area contributed by atoms with Crippen LogP contribution in [0.4, 0.5) is 11.4 Å². The van der Waals surface area contributed by atoms with Gasteiger partial charge in [-0.25, -0.2) is 0 Å². The summed E-state index contributed by atoms with van der Waals surface area (Å²) in [5.74, 6) is -2.71. The highest BCUT2D eigenvalue weighted by atomic mass is 32.2. The Kier molecular flexibility index (Phi) is 4.81. The molecule has 2 aliphatic rings. The third-order valence-electron chi connectivity index (χ3n) is 5.06. The van der Waals surface area contributed by atoms with Crippen molar-refractivity contribution in [2.24, 2.45) is 16.2 Å². The summed E-state index contributed by atoms with van der Waals surface area (Å²) < 4.78 is 28.9. The maximum absolute atomic E-state index is 13.3. The average molecular weight is 428 g/mol. The number of hydrogen-bond donors (Lipinski definition) is 2. The number of amides is 1. The number of nitrogens with zero attached hydrogens (tertiary/aromatic N) is 3. The number of anilines is 2. The second-order valence-electron chi connectivity index (χ2n) is 7.62. The van der Waals surface area contributed by atoms with Crippen molar-refractivity contribution in [2.75, 3.05) is 16.8 Å². The molecule has 4 rings (SSSR count). The summed E-state index contributed by atoms with van der Waals surface area (Å²) in [6.45, 7) is 4.37. The molecule has 1 aromatic heterocycles. The van der Waals surface area contributed by atoms with Crippen molar-refractivity contribution in [1.29, 1.82) is 0 Å². The van der Waals surface area contributed by atoms with E-state index < -0.39 is 27.6 Å². The summed E-state index contributed by atoms with van der Waals surface area (Å²) in [7, 11) is -4.13. The molecule has 2 aromatic rings. The van der Waals surface area contributed by atoms with Crippen LogP contribution in [0, 0.1) is 11.8 Å². The zero-order valence-electron chi connectivity index (χ0n) is 16.4. The number of carbonyl (C=O) groups excluding carboxylic acids is 2. The van der Waals surface area contributed by atoms with Crippen LogP contribution in [0.3, 0.4) is 0 Å². The van der Waals surface area contributed by atoms with E-state index in [1.165, 1.54) is 35.4 Å². The van der Waals surface area contributed by atoms with Gasteiger partial charge >= 0.3 is 0 Å². The van der Waals surface area contributed by atoms with Crippen LogP contribution in [0.25, 0.3) is 0 Å². The lowest BCUT2D eigenvalue weighted by Crippen LogP contribution is -2.50. The van der Waals surface area contributed by atoms with Crippen LogP contribution in [-0.2, 0) is 14.8 Å². The first-order valence-corrected chi connectivity index (χ1v) is 10.9. The highest BCUT2D eigenvalue weighted by Gasteiger charge is 2.45. The number of nitrogens with one attached hydrogen (secondary N) is 1. The fourth-order valence-corrected chi connectivity index (χ4v) is 4.61. The molecule has 156 valence electrons. The molecule has 2 N–H and O–H groups in total. The zero-order valence-corrected chi connectivity index (χ0v) is 17.2. The molecule has 1 unspecified atom stereocenters. The van der Waals surface area contributed by atoms with Gasteiger partial charge in [-0.1, -0.05) is 13.8 Å². The minimum absolute atomic E-state index is 0.124. The molecule has 30 heavy (non-hydrogen) atoms. The minimum atomic E-state index is -4.13. The average Bonchev–Trinajstić information content (AvgIpc) is 2.67. The standard InChI is InChI=1S/C20H20N4O5S/c1-11(2)6-8-24-15-4-3-12(25)9-13(15)18(26)17(20(24)27)19-22-14-5-7-21-10-16(14)30(28,29)23-19/h3-5,7,9-11,17,25H,6,8H2,1-2H3,(H,22,23). The van der Waals surface area contributed by atoms with E-state index in [0.717, 1.165) is 6.20 Å². The molecular weight excluding hydrogens is 408 g/mol. The Morgan fingerprint density at radius 1 is 1.23 bits per heavy atom. The second-order valence-corrected chi connectivity index (χ2v) is 9.19. The number of aromatic nitrogens is 1. The van der Waals surface area contributed by atoms with Gasteiger partial charge in [0.15, 0.2) is 11.7 Å². The third-order valence-corrected chi connectivity index (χ3v) is 6.38. The van der Waals surface area contributed by atoms with Gasteiger partial charge in [-0.3, -0.25) is 14.6 Å². The SMILES string of the molecule is CC(C)CCN1C(=O)C(C2=NS(=O)(=O)c3cnccc3N2)C(=O)c2cc(O)ccc21. The van der Waals surface area contributed by atoms with Gasteiger partial charge < -0.3 is 15.3 Å². The largest absolute Gasteiger partial charge is 0.508 e. The van der Waals surface area contributed by atoms with Gasteiger partial charge in [0.2, 0.25) is 5.91 Å². The molecule has 0 radical (unpaired) electrons. The van der Waals surface area contributed by atoms with Gasteiger partial charge in [-0.2, -0.15) is 8.42 Å². The van der Waals surface area contributed by atoms with Crippen molar-refractivity contribution in [2.45, 2.75) is 25.2 Å². The van der Waals surface area contributed by atoms with E-state index in [1.807, 2.05) is 13.8 Å². The molecule has 0 aliphatic carbocycles. The number of aromatic hydroxyl groups is 1. The Labute approximate surface area is 173 Å². The molecule has 0 fully saturated rings. The Morgan fingerprint density at radius 3 is 2.73 bits per heavy atom. The first-order chi connectivity index (χ1) is 14.2. The lowest BCUT2D eigenvalue weighted by atomic mass is 9.88. The molecule has 3 heterocycles. The van der Waals surface area contributed by atoms with E-state index in [2.05, 4.69) is 14.7 Å². The monoisotopic (exact) mass is 428 g/mol. The molecule has 2 aliphatic heterocycles. The normalized spacial score (nSPS) is 19.8. The topological polar surface area (TPSA) is 129 Å². The molecule has 0 spiro atoms. The Morgan fingerprint density at radius 2 is 2.00 bits per heavy atom. The molecule has 0 bridgehead atoms. The molecule has 0 saturated heterocycles. The number of carbonyl (C=O) groups is 2. The lowest BCUT2D eigenvalue weighted by Gasteiger charge is -2.34. The Balaban J connectivity index is 1.82. The summed E-state index contributed by atoms with van der Waals surface area (Å²) >= 11 is 0. The minimum Gasteiger partial charge on any atom is -0.508 e. The molecule has 9 nitrogen and oxygen atoms in total. The predicted molar refractivity (Wildman–Crippen MR) is 110 cm³/mol. The van der Waals surface area contributed by atoms with Crippen LogP contribution in [0.1, 0.15) is 30.6 Å². The fourth-order valence-electron chi connectivity index (χ4n) is 3.51. The van der Waals surface area contributed by atoms with Gasteiger partial charge in [0.25, 0.3) is 10.0 Å². The van der Waals surface area contributed by atoms with E-state index >= 15 is 0 Å². The van der Waals surface area contributed by atoms with Gasteiger partial charge in [0.05, 0.1) is 11.4 Å². The maximum Gasteiger partial charge on any atom is 0.287 e. The van der Waals surface area contributed by atoms with Crippen molar-refractivity contribution in [3.05, 3.63) is 42.2 Å². The summed E-state index contributed by atoms with van der Waals surface area (Å²) in [5.41, 5.74) is 0.736. The van der Waals surface area contributed by atoms with Crippen molar-refractivity contribution < 1.29 is 23.1 Å². The van der Waals surface area contributed by atoms with Crippen LogP contribution in [0.2, 0.25) is 0 Å². The fraction of sp³-hybridized carbons (Fsp3) is 0.300. The summed E-state index contributed by atoms with van der Waals surface area (Å²) in [6, 6.07) is 5.65. The summed E-state index contributed by atoms with van der Waals surface area (Å²) in [5, 5.41) is 12.7. The van der Waals surface area contributed by atoms with E-state index in [1.54, 1.807) is 0 Å². The molecular formula is C20H20N4O5S. The van der Waals surface area contributed by atoms with Crippen LogP contribution in [-0.4, -0.2) is 42.6 Å². The number of ketones is 1. The van der Waals surface area contributed by atoms with E-state index in [0.29, 0.717) is 24.6 Å². The number of benzene rings is 1. The number of fused-ring (bicyclic) bond motifs is 2. The van der Waals surface area contributed by atoms with Crippen LogP contribution >= 0.6 is 0 Å². The molecule has 10 heteroatoms. The molecule has 1 atom stereocenters. The summed E-state index contributed by atoms with van der Waals surface area (Å²) in [4.78, 5) is 31.7. The number of amidine groups is 1. The third kappa shape index (κ3) is 3.32. The smallest absolute Gasteiger partial charge is 0.287 e. The number of rotatable bonds is 4. The number of phenolic OH excluding ortho intramolecular Hbond substituents is 1. The van der Waals surface area contributed by atoms with Crippen LogP contribution in [0.15, 0.2) is 46.0 Å². The van der Waals surface area contributed by atoms with E-state index in [9.17, 15) is 23.1 Å². The highest BCUT2D eigenvalue weighted by molar-refractivity contribution is 7.90. The van der Waals surface area contributed by atoms with Crippen molar-refractivity contribution >= 4 is 38.9 Å². The number of sulfonamides is 1. The van der Waals surface area contributed by atoms with Gasteiger partial charge in [0.1, 0.15) is 16.5 Å². The number of phenols is 1. The Hall–Kier alpha value is -3.27. The van der Waals surface area contributed by atoms with Gasteiger partial charge in [0, 0.05) is 24.5 Å². The molecule has 1 amide bonds. The van der Waals surface area contributed by atoms with Crippen molar-refractivity contribution in [1.82, 2.24) is 4.98 Å². The number of pyridine rings is 1. The molecule has 0 saturated carbocycles. The number of hydrogen-bond acceptors (Lipinski definition) is 7. The summed E-state index contributed by atoms with van der Waals surface area (Å²) in [6.07, 6.45) is 3.24. The second kappa shape index (κ2) is 7.21. The zero-order chi connectivity index (χ0) is 21.6. The molecule has 1 aromatic carbocycles.